The van der Waals surface area contributed by atoms with Crippen LogP contribution in [0.15, 0.2) is 91.0 Å². The molecule has 1 aliphatic heterocycles. The minimum atomic E-state index is -5.43. The first kappa shape index (κ1) is 32.1. The lowest BCUT2D eigenvalue weighted by Gasteiger charge is -2.31. The molecule has 1 amide bonds. The van der Waals surface area contributed by atoms with E-state index >= 15 is 0 Å². The Balaban J connectivity index is 1.47. The average molecular weight is 688 g/mol. The van der Waals surface area contributed by atoms with Crippen molar-refractivity contribution in [3.8, 4) is 5.69 Å². The van der Waals surface area contributed by atoms with Crippen LogP contribution in [0.1, 0.15) is 57.4 Å². The van der Waals surface area contributed by atoms with Crippen molar-refractivity contribution >= 4 is 50.0 Å². The van der Waals surface area contributed by atoms with Gasteiger partial charge in [-0.15, -0.1) is 0 Å². The van der Waals surface area contributed by atoms with E-state index in [0.717, 1.165) is 27.6 Å². The van der Waals surface area contributed by atoms with Crippen molar-refractivity contribution in [2.45, 2.75) is 30.2 Å². The quantitative estimate of drug-likeness (QED) is 0.178. The fourth-order valence-electron chi connectivity index (χ4n) is 6.01. The SMILES string of the molecule is NC(=O)c1ccc(-n2nc(C3CCN(S(=O)(=O)C(F)(F)F)CC3)c3cc(C(c4ccc(Cl)cc4)c4ccc(Cl)cc4)ccc32)cc1. The van der Waals surface area contributed by atoms with Crippen LogP contribution in [0.4, 0.5) is 13.2 Å². The molecule has 1 saturated heterocycles. The Morgan fingerprint density at radius 1 is 0.826 bits per heavy atom. The van der Waals surface area contributed by atoms with Gasteiger partial charge in [-0.3, -0.25) is 4.79 Å². The molecule has 0 unspecified atom stereocenters. The van der Waals surface area contributed by atoms with Crippen LogP contribution in [0, 0.1) is 0 Å². The third-order valence-corrected chi connectivity index (χ3v) is 10.5. The highest BCUT2D eigenvalue weighted by Crippen LogP contribution is 2.40. The fraction of sp³-hybridized carbons (Fsp3) is 0.212. The van der Waals surface area contributed by atoms with Crippen LogP contribution in [-0.2, 0) is 10.0 Å². The van der Waals surface area contributed by atoms with E-state index in [4.69, 9.17) is 34.0 Å². The van der Waals surface area contributed by atoms with E-state index in [1.165, 1.54) is 0 Å². The Kier molecular flexibility index (Phi) is 8.62. The highest BCUT2D eigenvalue weighted by molar-refractivity contribution is 7.90. The second kappa shape index (κ2) is 12.4. The lowest BCUT2D eigenvalue weighted by Crippen LogP contribution is -2.44. The van der Waals surface area contributed by atoms with E-state index in [-0.39, 0.29) is 37.8 Å². The molecule has 1 aliphatic rings. The summed E-state index contributed by atoms with van der Waals surface area (Å²) in [6.45, 7) is -0.571. The Labute approximate surface area is 273 Å². The second-order valence-electron chi connectivity index (χ2n) is 11.1. The highest BCUT2D eigenvalue weighted by atomic mass is 35.5. The summed E-state index contributed by atoms with van der Waals surface area (Å²) in [5.74, 6) is -1.10. The molecule has 238 valence electrons. The molecule has 2 N–H and O–H groups in total. The molecule has 0 radical (unpaired) electrons. The fourth-order valence-corrected chi connectivity index (χ4v) is 7.24. The number of hydrogen-bond acceptors (Lipinski definition) is 4. The first-order valence-electron chi connectivity index (χ1n) is 14.3. The maximum atomic E-state index is 13.3. The van der Waals surface area contributed by atoms with Crippen LogP contribution in [0.2, 0.25) is 10.0 Å². The molecule has 13 heteroatoms. The topological polar surface area (TPSA) is 98.3 Å². The zero-order valence-electron chi connectivity index (χ0n) is 24.1. The maximum absolute atomic E-state index is 13.3. The summed E-state index contributed by atoms with van der Waals surface area (Å²) < 4.78 is 66.2. The van der Waals surface area contributed by atoms with Crippen molar-refractivity contribution in [3.63, 3.8) is 0 Å². The summed E-state index contributed by atoms with van der Waals surface area (Å²) in [6.07, 6.45) is 0.314. The van der Waals surface area contributed by atoms with Crippen molar-refractivity contribution < 1.29 is 26.4 Å². The van der Waals surface area contributed by atoms with Crippen molar-refractivity contribution in [3.05, 3.63) is 129 Å². The molecular formula is C33H27Cl2F3N4O3S. The molecule has 0 spiro atoms. The van der Waals surface area contributed by atoms with E-state index in [0.29, 0.717) is 31.3 Å². The van der Waals surface area contributed by atoms with E-state index in [1.807, 2.05) is 66.7 Å². The summed E-state index contributed by atoms with van der Waals surface area (Å²) in [4.78, 5) is 11.7. The van der Waals surface area contributed by atoms with Gasteiger partial charge in [0, 0.05) is 45.9 Å². The molecule has 0 bridgehead atoms. The molecule has 7 nitrogen and oxygen atoms in total. The third kappa shape index (κ3) is 6.12. The summed E-state index contributed by atoms with van der Waals surface area (Å²) in [5.41, 5.74) is 5.31. The van der Waals surface area contributed by atoms with Gasteiger partial charge in [0.05, 0.1) is 16.9 Å². The number of piperidine rings is 1. The number of carbonyl (C=O) groups is 1. The minimum absolute atomic E-state index is 0.157. The zero-order chi connectivity index (χ0) is 32.8. The van der Waals surface area contributed by atoms with Crippen LogP contribution in [0.3, 0.4) is 0 Å². The van der Waals surface area contributed by atoms with Gasteiger partial charge in [0.2, 0.25) is 5.91 Å². The van der Waals surface area contributed by atoms with Gasteiger partial charge in [-0.25, -0.2) is 13.1 Å². The lowest BCUT2D eigenvalue weighted by molar-refractivity contribution is -0.0494. The zero-order valence-corrected chi connectivity index (χ0v) is 26.4. The molecule has 1 fully saturated rings. The number of rotatable bonds is 7. The van der Waals surface area contributed by atoms with Crippen molar-refractivity contribution in [2.75, 3.05) is 13.1 Å². The number of nitrogens with zero attached hydrogens (tertiary/aromatic N) is 3. The Morgan fingerprint density at radius 3 is 1.85 bits per heavy atom. The Morgan fingerprint density at radius 2 is 1.35 bits per heavy atom. The number of nitrogens with two attached hydrogens (primary N) is 1. The summed E-state index contributed by atoms with van der Waals surface area (Å²) >= 11 is 12.4. The lowest BCUT2D eigenvalue weighted by atomic mass is 9.84. The van der Waals surface area contributed by atoms with Gasteiger partial charge in [-0.1, -0.05) is 53.5 Å². The van der Waals surface area contributed by atoms with Gasteiger partial charge < -0.3 is 5.73 Å². The predicted molar refractivity (Wildman–Crippen MR) is 172 cm³/mol. The molecule has 1 aromatic heterocycles. The molecule has 2 heterocycles. The summed E-state index contributed by atoms with van der Waals surface area (Å²) in [7, 11) is -5.43. The number of hydrogen-bond donors (Lipinski definition) is 1. The van der Waals surface area contributed by atoms with Crippen molar-refractivity contribution in [1.29, 1.82) is 0 Å². The second-order valence-corrected chi connectivity index (χ2v) is 13.9. The molecule has 0 atom stereocenters. The monoisotopic (exact) mass is 686 g/mol. The molecule has 46 heavy (non-hydrogen) atoms. The summed E-state index contributed by atoms with van der Waals surface area (Å²) in [6, 6.07) is 27.7. The third-order valence-electron chi connectivity index (χ3n) is 8.34. The van der Waals surface area contributed by atoms with Crippen LogP contribution >= 0.6 is 23.2 Å². The van der Waals surface area contributed by atoms with Gasteiger partial charge in [-0.05, 0) is 90.2 Å². The van der Waals surface area contributed by atoms with Gasteiger partial charge >= 0.3 is 15.5 Å². The highest BCUT2D eigenvalue weighted by Gasteiger charge is 2.50. The van der Waals surface area contributed by atoms with Crippen LogP contribution in [0.25, 0.3) is 16.6 Å². The molecule has 5 aromatic rings. The molecule has 0 saturated carbocycles. The van der Waals surface area contributed by atoms with Crippen LogP contribution in [0.5, 0.6) is 0 Å². The number of alkyl halides is 3. The van der Waals surface area contributed by atoms with E-state index in [2.05, 4.69) is 0 Å². The Bertz CT molecular complexity index is 1960. The van der Waals surface area contributed by atoms with Gasteiger partial charge in [-0.2, -0.15) is 22.6 Å². The van der Waals surface area contributed by atoms with Gasteiger partial charge in [0.1, 0.15) is 0 Å². The number of amides is 1. The number of primary amides is 1. The van der Waals surface area contributed by atoms with Gasteiger partial charge in [0.25, 0.3) is 0 Å². The first-order valence-corrected chi connectivity index (χ1v) is 16.5. The van der Waals surface area contributed by atoms with E-state index in [9.17, 15) is 26.4 Å². The Hall–Kier alpha value is -3.90. The average Bonchev–Trinajstić information content (AvgIpc) is 3.41. The number of fused-ring (bicyclic) bond motifs is 1. The number of benzene rings is 4. The molecule has 0 aliphatic carbocycles. The number of sulfonamides is 1. The van der Waals surface area contributed by atoms with E-state index in [1.54, 1.807) is 28.9 Å². The minimum Gasteiger partial charge on any atom is -0.366 e. The molecule has 4 aromatic carbocycles. The van der Waals surface area contributed by atoms with Crippen LogP contribution in [-0.4, -0.2) is 47.0 Å². The van der Waals surface area contributed by atoms with Crippen molar-refractivity contribution in [1.82, 2.24) is 14.1 Å². The maximum Gasteiger partial charge on any atom is 0.511 e. The predicted octanol–water partition coefficient (Wildman–Crippen LogP) is 7.64. The number of aromatic nitrogens is 2. The number of carbonyl (C=O) groups excluding carboxylic acids is 1. The normalized spacial score (nSPS) is 15.1. The van der Waals surface area contributed by atoms with E-state index < -0.39 is 21.4 Å². The van der Waals surface area contributed by atoms with Crippen LogP contribution < -0.4 is 5.73 Å². The largest absolute Gasteiger partial charge is 0.511 e. The smallest absolute Gasteiger partial charge is 0.366 e. The molecular weight excluding hydrogens is 660 g/mol. The van der Waals surface area contributed by atoms with Crippen molar-refractivity contribution in [2.24, 2.45) is 5.73 Å². The summed E-state index contributed by atoms with van der Waals surface area (Å²) in [5, 5.41) is 6.91. The standard InChI is InChI=1S/C33H27Cl2F3N4O3S/c34-25-8-1-20(2-9-25)30(21-3-10-26(35)11-4-21)24-7-14-29-28(19-24)31(40-42(29)27-12-5-23(6-13-27)32(39)43)22-15-17-41(18-16-22)46(44,45)33(36,37)38/h1-14,19,22,30H,15-18H2,(H2,39,43). The number of halogens is 5. The molecule has 6 rings (SSSR count). The first-order chi connectivity index (χ1) is 21.8. The van der Waals surface area contributed by atoms with Gasteiger partial charge in [0.15, 0.2) is 0 Å².